The van der Waals surface area contributed by atoms with Crippen molar-refractivity contribution in [2.75, 3.05) is 19.7 Å². The molecule has 1 unspecified atom stereocenters. The molecule has 0 radical (unpaired) electrons. The van der Waals surface area contributed by atoms with Crippen LogP contribution >= 0.6 is 0 Å². The van der Waals surface area contributed by atoms with Gasteiger partial charge in [0.15, 0.2) is 0 Å². The standard InChI is InChI=1S/C17H29N5O5S/c1-2-27-16(23)14-8-3-6-13-22(14)28(25,26)18-10-7-12-21-17(24)20-11-5-4-9-15(20)19-21/h14,18H,2-13H2,1H3. The Morgan fingerprint density at radius 1 is 1.25 bits per heavy atom. The molecule has 1 saturated heterocycles. The normalized spacial score (nSPS) is 20.7. The fraction of sp³-hybridized carbons (Fsp3) is 0.824. The molecule has 3 heterocycles. The average molecular weight is 416 g/mol. The maximum absolute atomic E-state index is 12.7. The van der Waals surface area contributed by atoms with Crippen molar-refractivity contribution >= 4 is 16.2 Å². The molecule has 0 spiro atoms. The van der Waals surface area contributed by atoms with Gasteiger partial charge >= 0.3 is 11.7 Å². The quantitative estimate of drug-likeness (QED) is 0.473. The van der Waals surface area contributed by atoms with Crippen molar-refractivity contribution in [1.82, 2.24) is 23.4 Å². The summed E-state index contributed by atoms with van der Waals surface area (Å²) in [7, 11) is -3.79. The highest BCUT2D eigenvalue weighted by Crippen LogP contribution is 2.21. The van der Waals surface area contributed by atoms with Crippen LogP contribution in [-0.2, 0) is 39.3 Å². The Hall–Kier alpha value is -1.72. The molecule has 1 aromatic heterocycles. The highest BCUT2D eigenvalue weighted by Gasteiger charge is 2.37. The van der Waals surface area contributed by atoms with E-state index in [4.69, 9.17) is 4.74 Å². The summed E-state index contributed by atoms with van der Waals surface area (Å²) < 4.78 is 37.2. The maximum Gasteiger partial charge on any atom is 0.345 e. The summed E-state index contributed by atoms with van der Waals surface area (Å²) in [6.45, 7) is 3.44. The van der Waals surface area contributed by atoms with E-state index < -0.39 is 22.2 Å². The van der Waals surface area contributed by atoms with Crippen molar-refractivity contribution in [3.05, 3.63) is 16.3 Å². The van der Waals surface area contributed by atoms with Crippen LogP contribution in [0, 0.1) is 0 Å². The van der Waals surface area contributed by atoms with Gasteiger partial charge in [0.1, 0.15) is 11.9 Å². The Morgan fingerprint density at radius 2 is 2.04 bits per heavy atom. The number of carbonyl (C=O) groups excluding carboxylic acids is 1. The molecule has 1 atom stereocenters. The van der Waals surface area contributed by atoms with Crippen molar-refractivity contribution in [3.8, 4) is 0 Å². The first-order valence-corrected chi connectivity index (χ1v) is 11.5. The summed E-state index contributed by atoms with van der Waals surface area (Å²) in [4.78, 5) is 24.4. The van der Waals surface area contributed by atoms with Gasteiger partial charge in [-0.2, -0.15) is 17.8 Å². The number of aromatic nitrogens is 3. The molecule has 2 aliphatic heterocycles. The lowest BCUT2D eigenvalue weighted by Crippen LogP contribution is -2.52. The Labute approximate surface area is 165 Å². The molecule has 3 rings (SSSR count). The number of ether oxygens (including phenoxy) is 1. The van der Waals surface area contributed by atoms with Gasteiger partial charge in [0.25, 0.3) is 10.2 Å². The number of hydrogen-bond acceptors (Lipinski definition) is 6. The molecule has 1 aromatic rings. The van der Waals surface area contributed by atoms with Crippen LogP contribution < -0.4 is 10.4 Å². The van der Waals surface area contributed by atoms with E-state index in [1.165, 1.54) is 8.99 Å². The first kappa shape index (κ1) is 21.0. The van der Waals surface area contributed by atoms with Gasteiger partial charge in [-0.1, -0.05) is 0 Å². The van der Waals surface area contributed by atoms with Crippen molar-refractivity contribution in [2.45, 2.75) is 71.0 Å². The SMILES string of the molecule is CCOC(=O)C1CCCCN1S(=O)(=O)NCCCn1nc2n(c1=O)CCCC2. The Bertz CT molecular complexity index is 847. The third-order valence-corrected chi connectivity index (χ3v) is 6.81. The fourth-order valence-electron chi connectivity index (χ4n) is 3.77. The van der Waals surface area contributed by atoms with Gasteiger partial charge in [0.2, 0.25) is 0 Å². The van der Waals surface area contributed by atoms with Gasteiger partial charge in [-0.15, -0.1) is 0 Å². The highest BCUT2D eigenvalue weighted by atomic mass is 32.2. The first-order chi connectivity index (χ1) is 13.4. The number of carbonyl (C=O) groups is 1. The first-order valence-electron chi connectivity index (χ1n) is 10.0. The minimum atomic E-state index is -3.79. The summed E-state index contributed by atoms with van der Waals surface area (Å²) >= 11 is 0. The van der Waals surface area contributed by atoms with Crippen LogP contribution in [0.25, 0.3) is 0 Å². The van der Waals surface area contributed by atoms with Crippen LogP contribution in [0.1, 0.15) is 51.3 Å². The van der Waals surface area contributed by atoms with E-state index in [1.807, 2.05) is 0 Å². The second-order valence-corrected chi connectivity index (χ2v) is 8.87. The number of rotatable bonds is 8. The smallest absolute Gasteiger partial charge is 0.345 e. The predicted molar refractivity (Wildman–Crippen MR) is 102 cm³/mol. The van der Waals surface area contributed by atoms with E-state index in [9.17, 15) is 18.0 Å². The zero-order valence-electron chi connectivity index (χ0n) is 16.3. The number of fused-ring (bicyclic) bond motifs is 1. The van der Waals surface area contributed by atoms with E-state index in [-0.39, 0.29) is 18.8 Å². The van der Waals surface area contributed by atoms with Crippen LogP contribution in [-0.4, -0.2) is 58.8 Å². The fourth-order valence-corrected chi connectivity index (χ4v) is 5.24. The van der Waals surface area contributed by atoms with Crippen LogP contribution in [0.15, 0.2) is 4.79 Å². The topological polar surface area (TPSA) is 116 Å². The van der Waals surface area contributed by atoms with E-state index in [0.717, 1.165) is 31.5 Å². The Kier molecular flexibility index (Phi) is 6.89. The predicted octanol–water partition coefficient (Wildman–Crippen LogP) is 0.0232. The second kappa shape index (κ2) is 9.19. The lowest BCUT2D eigenvalue weighted by Gasteiger charge is -2.32. The number of nitrogens with one attached hydrogen (secondary N) is 1. The molecule has 0 aliphatic carbocycles. The van der Waals surface area contributed by atoms with E-state index in [1.54, 1.807) is 11.5 Å². The van der Waals surface area contributed by atoms with E-state index >= 15 is 0 Å². The van der Waals surface area contributed by atoms with Crippen molar-refractivity contribution in [2.24, 2.45) is 0 Å². The van der Waals surface area contributed by atoms with Gasteiger partial charge in [-0.05, 0) is 45.4 Å². The van der Waals surface area contributed by atoms with Crippen LogP contribution in [0.3, 0.4) is 0 Å². The van der Waals surface area contributed by atoms with E-state index in [0.29, 0.717) is 38.9 Å². The molecule has 0 bridgehead atoms. The molecule has 10 nitrogen and oxygen atoms in total. The zero-order chi connectivity index (χ0) is 20.1. The summed E-state index contributed by atoms with van der Waals surface area (Å²) in [5, 5.41) is 4.35. The van der Waals surface area contributed by atoms with Crippen LogP contribution in [0.5, 0.6) is 0 Å². The summed E-state index contributed by atoms with van der Waals surface area (Å²) in [5.74, 6) is 0.310. The zero-order valence-corrected chi connectivity index (χ0v) is 17.1. The molecule has 0 amide bonds. The molecule has 11 heteroatoms. The third kappa shape index (κ3) is 4.64. The molecule has 28 heavy (non-hydrogen) atoms. The van der Waals surface area contributed by atoms with Crippen molar-refractivity contribution < 1.29 is 17.9 Å². The number of nitrogens with zero attached hydrogens (tertiary/aromatic N) is 4. The average Bonchev–Trinajstić information content (AvgIpc) is 3.01. The number of hydrogen-bond donors (Lipinski definition) is 1. The van der Waals surface area contributed by atoms with Crippen molar-refractivity contribution in [3.63, 3.8) is 0 Å². The third-order valence-electron chi connectivity index (χ3n) is 5.18. The molecule has 2 aliphatic rings. The number of esters is 1. The van der Waals surface area contributed by atoms with Gasteiger partial charge in [-0.25, -0.2) is 14.2 Å². The second-order valence-electron chi connectivity index (χ2n) is 7.16. The molecule has 1 fully saturated rings. The van der Waals surface area contributed by atoms with Gasteiger partial charge in [0, 0.05) is 32.6 Å². The molecular formula is C17H29N5O5S. The minimum Gasteiger partial charge on any atom is -0.465 e. The summed E-state index contributed by atoms with van der Waals surface area (Å²) in [5.41, 5.74) is -0.129. The summed E-state index contributed by atoms with van der Waals surface area (Å²) in [6.07, 6.45) is 5.24. The Balaban J connectivity index is 1.55. The van der Waals surface area contributed by atoms with E-state index in [2.05, 4.69) is 9.82 Å². The molecule has 1 N–H and O–H groups in total. The molecule has 0 aromatic carbocycles. The minimum absolute atomic E-state index is 0.129. The van der Waals surface area contributed by atoms with Gasteiger partial charge in [-0.3, -0.25) is 9.36 Å². The molecule has 158 valence electrons. The maximum atomic E-state index is 12.7. The van der Waals surface area contributed by atoms with Gasteiger partial charge in [0.05, 0.1) is 6.61 Å². The summed E-state index contributed by atoms with van der Waals surface area (Å²) in [6, 6.07) is -0.770. The van der Waals surface area contributed by atoms with Crippen LogP contribution in [0.4, 0.5) is 0 Å². The number of piperidine rings is 1. The Morgan fingerprint density at radius 3 is 2.79 bits per heavy atom. The molecule has 0 saturated carbocycles. The lowest BCUT2D eigenvalue weighted by atomic mass is 10.1. The molecular weight excluding hydrogens is 386 g/mol. The van der Waals surface area contributed by atoms with Gasteiger partial charge < -0.3 is 4.74 Å². The lowest BCUT2D eigenvalue weighted by molar-refractivity contribution is -0.148. The van der Waals surface area contributed by atoms with Crippen molar-refractivity contribution in [1.29, 1.82) is 0 Å². The highest BCUT2D eigenvalue weighted by molar-refractivity contribution is 7.87. The number of aryl methyl sites for hydroxylation is 2. The monoisotopic (exact) mass is 415 g/mol. The largest absolute Gasteiger partial charge is 0.465 e. The van der Waals surface area contributed by atoms with Crippen LogP contribution in [0.2, 0.25) is 0 Å².